The van der Waals surface area contributed by atoms with Crippen molar-refractivity contribution in [1.29, 1.82) is 0 Å². The minimum Gasteiger partial charge on any atom is -0.429 e. The number of nitrogen functional groups attached to an aromatic ring is 1. The predicted octanol–water partition coefficient (Wildman–Crippen LogP) is 1.40. The van der Waals surface area contributed by atoms with Crippen LogP contribution in [0.2, 0.25) is 0 Å². The van der Waals surface area contributed by atoms with Gasteiger partial charge in [0.1, 0.15) is 0 Å². The van der Waals surface area contributed by atoms with E-state index in [-0.39, 0.29) is 22.3 Å². The Bertz CT molecular complexity index is 434. The van der Waals surface area contributed by atoms with Gasteiger partial charge in [0, 0.05) is 20.2 Å². The van der Waals surface area contributed by atoms with Crippen LogP contribution >= 0.6 is 12.2 Å². The summed E-state index contributed by atoms with van der Waals surface area (Å²) in [4.78, 5) is 11.6. The molecule has 0 aliphatic heterocycles. The molecule has 0 bridgehead atoms. The van der Waals surface area contributed by atoms with Crippen LogP contribution in [0.15, 0.2) is 18.2 Å². The molecule has 0 radical (unpaired) electrons. The van der Waals surface area contributed by atoms with Gasteiger partial charge in [-0.05, 0) is 18.3 Å². The van der Waals surface area contributed by atoms with Crippen LogP contribution in [0.1, 0.15) is 0 Å². The number of thiocarbonyl (C=S) groups is 1. The number of nitrogens with zero attached hydrogens (tertiary/aromatic N) is 2. The van der Waals surface area contributed by atoms with Crippen LogP contribution in [-0.4, -0.2) is 29.1 Å². The molecule has 0 atom stereocenters. The number of hydrogen-bond acceptors (Lipinski definition) is 5. The van der Waals surface area contributed by atoms with Crippen LogP contribution in [0.25, 0.3) is 0 Å². The van der Waals surface area contributed by atoms with Gasteiger partial charge < -0.3 is 15.4 Å². The van der Waals surface area contributed by atoms with Gasteiger partial charge in [-0.2, -0.15) is 0 Å². The molecule has 86 valence electrons. The van der Waals surface area contributed by atoms with E-state index in [2.05, 4.69) is 0 Å². The Balaban J connectivity index is 3.02. The third-order valence-electron chi connectivity index (χ3n) is 1.80. The molecule has 0 saturated heterocycles. The van der Waals surface area contributed by atoms with Crippen molar-refractivity contribution in [3.63, 3.8) is 0 Å². The molecule has 0 saturated carbocycles. The Labute approximate surface area is 97.8 Å². The van der Waals surface area contributed by atoms with Crippen molar-refractivity contribution in [3.8, 4) is 5.75 Å². The Kier molecular flexibility index (Phi) is 3.62. The normalized spacial score (nSPS) is 9.62. The Morgan fingerprint density at radius 3 is 2.69 bits per heavy atom. The molecule has 7 heteroatoms. The first-order chi connectivity index (χ1) is 7.43. The first kappa shape index (κ1) is 12.2. The van der Waals surface area contributed by atoms with Crippen molar-refractivity contribution in [3.05, 3.63) is 28.3 Å². The third kappa shape index (κ3) is 2.57. The monoisotopic (exact) mass is 241 g/mol. The lowest BCUT2D eigenvalue weighted by Gasteiger charge is -2.14. The fraction of sp³-hybridized carbons (Fsp3) is 0.222. The second kappa shape index (κ2) is 4.75. The van der Waals surface area contributed by atoms with Crippen molar-refractivity contribution in [2.75, 3.05) is 19.8 Å². The van der Waals surface area contributed by atoms with Crippen molar-refractivity contribution in [1.82, 2.24) is 4.90 Å². The number of ether oxygens (including phenoxy) is 1. The topological polar surface area (TPSA) is 81.6 Å². The molecule has 6 nitrogen and oxygen atoms in total. The smallest absolute Gasteiger partial charge is 0.295 e. The quantitative estimate of drug-likeness (QED) is 0.365. The zero-order valence-electron chi connectivity index (χ0n) is 8.84. The van der Waals surface area contributed by atoms with Gasteiger partial charge in [-0.15, -0.1) is 0 Å². The van der Waals surface area contributed by atoms with Crippen LogP contribution in [0.5, 0.6) is 5.75 Å². The summed E-state index contributed by atoms with van der Waals surface area (Å²) in [5, 5.41) is 10.8. The van der Waals surface area contributed by atoms with E-state index in [1.54, 1.807) is 19.0 Å². The van der Waals surface area contributed by atoms with E-state index in [1.165, 1.54) is 18.2 Å². The predicted molar refractivity (Wildman–Crippen MR) is 64.4 cm³/mol. The number of para-hydroxylation sites is 1. The Morgan fingerprint density at radius 2 is 2.19 bits per heavy atom. The molecule has 0 unspecified atom stereocenters. The van der Waals surface area contributed by atoms with Crippen LogP contribution in [0, 0.1) is 10.1 Å². The van der Waals surface area contributed by atoms with Crippen LogP contribution in [0.4, 0.5) is 11.4 Å². The molecule has 0 amide bonds. The summed E-state index contributed by atoms with van der Waals surface area (Å²) in [6.07, 6.45) is 0. The van der Waals surface area contributed by atoms with E-state index >= 15 is 0 Å². The zero-order valence-corrected chi connectivity index (χ0v) is 9.65. The second-order valence-electron chi connectivity index (χ2n) is 3.21. The van der Waals surface area contributed by atoms with E-state index in [0.717, 1.165) is 0 Å². The van der Waals surface area contributed by atoms with E-state index < -0.39 is 4.92 Å². The summed E-state index contributed by atoms with van der Waals surface area (Å²) in [7, 11) is 3.41. The standard InChI is InChI=1S/C9H11N3O3S/c1-11(2)9(16)15-7-5-3-4-6(8(7)10)12(13)14/h3-5H,10H2,1-2H3. The van der Waals surface area contributed by atoms with Gasteiger partial charge in [0.25, 0.3) is 10.9 Å². The number of hydrogen-bond donors (Lipinski definition) is 1. The summed E-state index contributed by atoms with van der Waals surface area (Å²) in [6, 6.07) is 4.32. The molecule has 0 aromatic heterocycles. The molecule has 0 fully saturated rings. The molecule has 0 aliphatic carbocycles. The molecule has 2 N–H and O–H groups in total. The SMILES string of the molecule is CN(C)C(=S)Oc1cccc([N+](=O)[O-])c1N. The number of nitrogens with two attached hydrogens (primary N) is 1. The first-order valence-corrected chi connectivity index (χ1v) is 4.76. The van der Waals surface area contributed by atoms with Gasteiger partial charge in [0.15, 0.2) is 11.4 Å². The summed E-state index contributed by atoms with van der Waals surface area (Å²) in [5.74, 6) is 0.188. The van der Waals surface area contributed by atoms with Gasteiger partial charge in [0.2, 0.25) is 0 Å². The molecule has 16 heavy (non-hydrogen) atoms. The van der Waals surface area contributed by atoms with Gasteiger partial charge in [-0.3, -0.25) is 10.1 Å². The summed E-state index contributed by atoms with van der Waals surface area (Å²) in [6.45, 7) is 0. The fourth-order valence-electron chi connectivity index (χ4n) is 0.966. The van der Waals surface area contributed by atoms with Crippen molar-refractivity contribution < 1.29 is 9.66 Å². The highest BCUT2D eigenvalue weighted by molar-refractivity contribution is 7.80. The molecular formula is C9H11N3O3S. The lowest BCUT2D eigenvalue weighted by molar-refractivity contribution is -0.383. The van der Waals surface area contributed by atoms with Crippen LogP contribution in [0.3, 0.4) is 0 Å². The van der Waals surface area contributed by atoms with E-state index in [1.807, 2.05) is 0 Å². The molecule has 0 aliphatic rings. The van der Waals surface area contributed by atoms with Crippen molar-refractivity contribution in [2.24, 2.45) is 0 Å². The molecule has 1 aromatic carbocycles. The third-order valence-corrected chi connectivity index (χ3v) is 2.25. The molecule has 1 aromatic rings. The van der Waals surface area contributed by atoms with Gasteiger partial charge in [-0.1, -0.05) is 6.07 Å². The number of benzene rings is 1. The summed E-state index contributed by atoms with van der Waals surface area (Å²) < 4.78 is 5.23. The highest BCUT2D eigenvalue weighted by Crippen LogP contribution is 2.31. The van der Waals surface area contributed by atoms with E-state index in [9.17, 15) is 10.1 Å². The van der Waals surface area contributed by atoms with Crippen molar-refractivity contribution >= 4 is 28.8 Å². The number of nitro groups is 1. The minimum atomic E-state index is -0.569. The Hall–Kier alpha value is -1.89. The second-order valence-corrected chi connectivity index (χ2v) is 3.56. The summed E-state index contributed by atoms with van der Waals surface area (Å²) in [5.41, 5.74) is 5.36. The highest BCUT2D eigenvalue weighted by atomic mass is 32.1. The zero-order chi connectivity index (χ0) is 12.3. The lowest BCUT2D eigenvalue weighted by atomic mass is 10.2. The first-order valence-electron chi connectivity index (χ1n) is 4.35. The number of nitro benzene ring substituents is 1. The lowest BCUT2D eigenvalue weighted by Crippen LogP contribution is -2.25. The van der Waals surface area contributed by atoms with Gasteiger partial charge in [0.05, 0.1) is 4.92 Å². The number of anilines is 1. The van der Waals surface area contributed by atoms with Crippen LogP contribution in [-0.2, 0) is 0 Å². The Morgan fingerprint density at radius 1 is 1.56 bits per heavy atom. The maximum Gasteiger partial charge on any atom is 0.295 e. The van der Waals surface area contributed by atoms with Gasteiger partial charge >= 0.3 is 0 Å². The maximum atomic E-state index is 10.6. The fourth-order valence-corrected chi connectivity index (χ4v) is 1.06. The van der Waals surface area contributed by atoms with Crippen LogP contribution < -0.4 is 10.5 Å². The largest absolute Gasteiger partial charge is 0.429 e. The van der Waals surface area contributed by atoms with Gasteiger partial charge in [-0.25, -0.2) is 0 Å². The molecule has 0 spiro atoms. The molecular weight excluding hydrogens is 230 g/mol. The molecule has 0 heterocycles. The maximum absolute atomic E-state index is 10.6. The van der Waals surface area contributed by atoms with Crippen molar-refractivity contribution in [2.45, 2.75) is 0 Å². The molecule has 1 rings (SSSR count). The average molecular weight is 241 g/mol. The number of rotatable bonds is 2. The average Bonchev–Trinajstić information content (AvgIpc) is 2.20. The van der Waals surface area contributed by atoms with E-state index in [0.29, 0.717) is 0 Å². The van der Waals surface area contributed by atoms with E-state index in [4.69, 9.17) is 22.7 Å². The summed E-state index contributed by atoms with van der Waals surface area (Å²) >= 11 is 4.91. The minimum absolute atomic E-state index is 0.0308. The highest BCUT2D eigenvalue weighted by Gasteiger charge is 2.16.